The van der Waals surface area contributed by atoms with Crippen LogP contribution < -0.4 is 10.1 Å². The summed E-state index contributed by atoms with van der Waals surface area (Å²) in [7, 11) is 0. The van der Waals surface area contributed by atoms with Crippen LogP contribution in [0.3, 0.4) is 0 Å². The van der Waals surface area contributed by atoms with Gasteiger partial charge in [0.25, 0.3) is 0 Å². The number of ether oxygens (including phenoxy) is 1. The summed E-state index contributed by atoms with van der Waals surface area (Å²) in [5, 5.41) is 3.11. The fourth-order valence-corrected chi connectivity index (χ4v) is 2.56. The molecule has 0 spiro atoms. The van der Waals surface area contributed by atoms with E-state index in [2.05, 4.69) is 10.3 Å². The van der Waals surface area contributed by atoms with Crippen molar-refractivity contribution in [3.63, 3.8) is 0 Å². The number of aryl methyl sites for hydroxylation is 1. The summed E-state index contributed by atoms with van der Waals surface area (Å²) in [5.74, 6) is 0.946. The van der Waals surface area contributed by atoms with Crippen LogP contribution in [0.4, 0.5) is 0 Å². The summed E-state index contributed by atoms with van der Waals surface area (Å²) in [4.78, 5) is 16.2. The molecular weight excluding hydrogens is 264 g/mol. The molecule has 1 aromatic carbocycles. The minimum absolute atomic E-state index is 0.0522. The Labute approximate surface area is 124 Å². The predicted molar refractivity (Wildman–Crippen MR) is 80.0 cm³/mol. The van der Waals surface area contributed by atoms with E-state index in [0.717, 1.165) is 23.3 Å². The van der Waals surface area contributed by atoms with Crippen molar-refractivity contribution in [1.82, 2.24) is 10.3 Å². The number of carbonyl (C=O) groups is 1. The summed E-state index contributed by atoms with van der Waals surface area (Å²) < 4.78 is 5.60. The maximum absolute atomic E-state index is 12.1. The molecule has 1 aliphatic rings. The summed E-state index contributed by atoms with van der Waals surface area (Å²) >= 11 is 0. The van der Waals surface area contributed by atoms with Gasteiger partial charge in [0.2, 0.25) is 5.91 Å². The van der Waals surface area contributed by atoms with Crippen molar-refractivity contribution >= 4 is 5.91 Å². The number of carbonyl (C=O) groups excluding carboxylic acids is 1. The molecule has 0 saturated heterocycles. The number of pyridine rings is 1. The predicted octanol–water partition coefficient (Wildman–Crippen LogP) is 2.65. The average Bonchev–Trinajstić information content (AvgIpc) is 2.54. The van der Waals surface area contributed by atoms with Crippen molar-refractivity contribution in [3.8, 4) is 5.75 Å². The van der Waals surface area contributed by atoms with Gasteiger partial charge in [-0.3, -0.25) is 9.78 Å². The van der Waals surface area contributed by atoms with Crippen LogP contribution in [0.15, 0.2) is 48.8 Å². The van der Waals surface area contributed by atoms with E-state index in [1.807, 2.05) is 36.4 Å². The van der Waals surface area contributed by atoms with Crippen molar-refractivity contribution in [2.75, 3.05) is 6.61 Å². The topological polar surface area (TPSA) is 51.2 Å². The second kappa shape index (κ2) is 6.39. The van der Waals surface area contributed by atoms with Gasteiger partial charge in [-0.15, -0.1) is 0 Å². The highest BCUT2D eigenvalue weighted by molar-refractivity contribution is 5.76. The van der Waals surface area contributed by atoms with Gasteiger partial charge in [0.05, 0.1) is 12.6 Å². The van der Waals surface area contributed by atoms with Gasteiger partial charge in [0, 0.05) is 30.8 Å². The SMILES string of the molecule is O=C(CCc1cccnc1)NC1CCOc2ccccc21. The van der Waals surface area contributed by atoms with Crippen molar-refractivity contribution < 1.29 is 9.53 Å². The Morgan fingerprint density at radius 3 is 3.05 bits per heavy atom. The van der Waals surface area contributed by atoms with Crippen LogP contribution in [-0.4, -0.2) is 17.5 Å². The van der Waals surface area contributed by atoms with Crippen LogP contribution in [-0.2, 0) is 11.2 Å². The Balaban J connectivity index is 1.58. The molecule has 4 nitrogen and oxygen atoms in total. The van der Waals surface area contributed by atoms with Crippen LogP contribution in [0.5, 0.6) is 5.75 Å². The first kappa shape index (κ1) is 13.6. The molecule has 1 unspecified atom stereocenters. The minimum atomic E-state index is 0.0522. The zero-order valence-corrected chi connectivity index (χ0v) is 11.8. The Morgan fingerprint density at radius 2 is 2.19 bits per heavy atom. The fraction of sp³-hybridized carbons (Fsp3) is 0.294. The third-order valence-electron chi connectivity index (χ3n) is 3.66. The number of para-hydroxylation sites is 1. The number of rotatable bonds is 4. The number of hydrogen-bond acceptors (Lipinski definition) is 3. The molecule has 1 amide bonds. The number of aromatic nitrogens is 1. The molecule has 1 N–H and O–H groups in total. The molecule has 2 aromatic rings. The third-order valence-corrected chi connectivity index (χ3v) is 3.66. The van der Waals surface area contributed by atoms with Crippen molar-refractivity contribution in [1.29, 1.82) is 0 Å². The Kier molecular flexibility index (Phi) is 4.15. The Bertz CT molecular complexity index is 613. The van der Waals surface area contributed by atoms with E-state index < -0.39 is 0 Å². The summed E-state index contributed by atoms with van der Waals surface area (Å²) in [6, 6.07) is 11.8. The van der Waals surface area contributed by atoms with Crippen LogP contribution >= 0.6 is 0 Å². The van der Waals surface area contributed by atoms with E-state index in [0.29, 0.717) is 19.4 Å². The fourth-order valence-electron chi connectivity index (χ4n) is 2.56. The van der Waals surface area contributed by atoms with E-state index >= 15 is 0 Å². The molecule has 0 saturated carbocycles. The first-order valence-electron chi connectivity index (χ1n) is 7.23. The molecule has 2 heterocycles. The quantitative estimate of drug-likeness (QED) is 0.938. The van der Waals surface area contributed by atoms with Gasteiger partial charge in [-0.1, -0.05) is 24.3 Å². The van der Waals surface area contributed by atoms with Gasteiger partial charge in [-0.2, -0.15) is 0 Å². The number of nitrogens with zero attached hydrogens (tertiary/aromatic N) is 1. The number of benzene rings is 1. The van der Waals surface area contributed by atoms with E-state index in [4.69, 9.17) is 4.74 Å². The lowest BCUT2D eigenvalue weighted by Gasteiger charge is -2.26. The maximum Gasteiger partial charge on any atom is 0.220 e. The molecule has 1 aromatic heterocycles. The van der Waals surface area contributed by atoms with Crippen molar-refractivity contribution in [2.45, 2.75) is 25.3 Å². The van der Waals surface area contributed by atoms with Crippen molar-refractivity contribution in [3.05, 3.63) is 59.9 Å². The monoisotopic (exact) mass is 282 g/mol. The molecular formula is C17H18N2O2. The molecule has 4 heteroatoms. The van der Waals surface area contributed by atoms with Gasteiger partial charge >= 0.3 is 0 Å². The van der Waals surface area contributed by atoms with Gasteiger partial charge in [-0.25, -0.2) is 0 Å². The van der Waals surface area contributed by atoms with Crippen molar-refractivity contribution in [2.24, 2.45) is 0 Å². The third kappa shape index (κ3) is 3.40. The lowest BCUT2D eigenvalue weighted by molar-refractivity contribution is -0.122. The van der Waals surface area contributed by atoms with Crippen LogP contribution in [0.1, 0.15) is 30.0 Å². The lowest BCUT2D eigenvalue weighted by atomic mass is 10.0. The number of nitrogens with one attached hydrogen (secondary N) is 1. The molecule has 21 heavy (non-hydrogen) atoms. The van der Waals surface area contributed by atoms with Crippen LogP contribution in [0.25, 0.3) is 0 Å². The molecule has 1 atom stereocenters. The van der Waals surface area contributed by atoms with E-state index in [1.165, 1.54) is 0 Å². The van der Waals surface area contributed by atoms with Crippen LogP contribution in [0, 0.1) is 0 Å². The molecule has 0 aliphatic carbocycles. The highest BCUT2D eigenvalue weighted by atomic mass is 16.5. The van der Waals surface area contributed by atoms with E-state index in [9.17, 15) is 4.79 Å². The minimum Gasteiger partial charge on any atom is -0.493 e. The Morgan fingerprint density at radius 1 is 1.29 bits per heavy atom. The zero-order chi connectivity index (χ0) is 14.5. The Hall–Kier alpha value is -2.36. The normalized spacial score (nSPS) is 16.7. The zero-order valence-electron chi connectivity index (χ0n) is 11.8. The molecule has 108 valence electrons. The number of amides is 1. The van der Waals surface area contributed by atoms with E-state index in [-0.39, 0.29) is 11.9 Å². The summed E-state index contributed by atoms with van der Waals surface area (Å²) in [6.45, 7) is 0.643. The molecule has 0 fully saturated rings. The molecule has 0 radical (unpaired) electrons. The first-order valence-corrected chi connectivity index (χ1v) is 7.23. The summed E-state index contributed by atoms with van der Waals surface area (Å²) in [5.41, 5.74) is 2.15. The highest BCUT2D eigenvalue weighted by Gasteiger charge is 2.22. The van der Waals surface area contributed by atoms with Gasteiger partial charge < -0.3 is 10.1 Å². The van der Waals surface area contributed by atoms with Crippen LogP contribution in [0.2, 0.25) is 0 Å². The maximum atomic E-state index is 12.1. The summed E-state index contributed by atoms with van der Waals surface area (Å²) in [6.07, 6.45) is 5.55. The molecule has 0 bridgehead atoms. The van der Waals surface area contributed by atoms with Gasteiger partial charge in [-0.05, 0) is 24.1 Å². The molecule has 1 aliphatic heterocycles. The van der Waals surface area contributed by atoms with Gasteiger partial charge in [0.1, 0.15) is 5.75 Å². The second-order valence-electron chi connectivity index (χ2n) is 5.16. The van der Waals surface area contributed by atoms with Gasteiger partial charge in [0.15, 0.2) is 0 Å². The number of hydrogen-bond donors (Lipinski definition) is 1. The standard InChI is InChI=1S/C17H18N2O2/c20-17(8-7-13-4-3-10-18-12-13)19-15-9-11-21-16-6-2-1-5-14(15)16/h1-6,10,12,15H,7-9,11H2,(H,19,20). The van der Waals surface area contributed by atoms with E-state index in [1.54, 1.807) is 12.4 Å². The molecule has 3 rings (SSSR count). The first-order chi connectivity index (χ1) is 10.3. The average molecular weight is 282 g/mol. The number of fused-ring (bicyclic) bond motifs is 1. The smallest absolute Gasteiger partial charge is 0.220 e. The highest BCUT2D eigenvalue weighted by Crippen LogP contribution is 2.31. The largest absolute Gasteiger partial charge is 0.493 e. The lowest BCUT2D eigenvalue weighted by Crippen LogP contribution is -2.32. The second-order valence-corrected chi connectivity index (χ2v) is 5.16.